The monoisotopic (exact) mass is 454 g/mol. The topological polar surface area (TPSA) is 98.1 Å². The number of hydrogen-bond acceptors (Lipinski definition) is 8. The summed E-state index contributed by atoms with van der Waals surface area (Å²) in [4.78, 5) is 25.5. The maximum atomic E-state index is 12.8. The third-order valence-corrected chi connectivity index (χ3v) is 4.84. The molecule has 0 saturated heterocycles. The first-order valence-electron chi connectivity index (χ1n) is 10.2. The number of para-hydroxylation sites is 1. The maximum absolute atomic E-state index is 12.8. The molecule has 0 bridgehead atoms. The van der Waals surface area contributed by atoms with E-state index in [2.05, 4.69) is 5.10 Å². The molecule has 0 aliphatic heterocycles. The first kappa shape index (κ1) is 23.8. The summed E-state index contributed by atoms with van der Waals surface area (Å²) in [5.74, 6) is -0.448. The van der Waals surface area contributed by atoms with Crippen LogP contribution in [0.25, 0.3) is 16.9 Å². The lowest BCUT2D eigenvalue weighted by atomic mass is 10.0. The Balaban J connectivity index is 2.19. The quantitative estimate of drug-likeness (QED) is 0.339. The van der Waals surface area contributed by atoms with Crippen molar-refractivity contribution < 1.29 is 33.3 Å². The Hall–Kier alpha value is -3.85. The Morgan fingerprint density at radius 3 is 2.24 bits per heavy atom. The normalized spacial score (nSPS) is 10.5. The lowest BCUT2D eigenvalue weighted by Crippen LogP contribution is -2.15. The second-order valence-electron chi connectivity index (χ2n) is 6.86. The van der Waals surface area contributed by atoms with Gasteiger partial charge in [-0.1, -0.05) is 18.2 Å². The fourth-order valence-electron chi connectivity index (χ4n) is 3.28. The van der Waals surface area contributed by atoms with E-state index in [1.54, 1.807) is 49.6 Å². The van der Waals surface area contributed by atoms with E-state index in [0.717, 1.165) is 0 Å². The third kappa shape index (κ3) is 5.15. The second kappa shape index (κ2) is 11.1. The van der Waals surface area contributed by atoms with Crippen LogP contribution in [0.15, 0.2) is 48.5 Å². The molecule has 3 rings (SSSR count). The highest BCUT2D eigenvalue weighted by atomic mass is 16.5. The zero-order chi connectivity index (χ0) is 23.8. The molecule has 174 valence electrons. The molecule has 0 saturated carbocycles. The van der Waals surface area contributed by atoms with E-state index in [1.807, 2.05) is 6.07 Å². The van der Waals surface area contributed by atoms with Gasteiger partial charge >= 0.3 is 11.9 Å². The van der Waals surface area contributed by atoms with Gasteiger partial charge in [-0.2, -0.15) is 5.10 Å². The van der Waals surface area contributed by atoms with Crippen molar-refractivity contribution in [3.05, 3.63) is 59.8 Å². The lowest BCUT2D eigenvalue weighted by molar-refractivity contribution is 0.0549. The van der Waals surface area contributed by atoms with Crippen molar-refractivity contribution in [2.75, 3.05) is 41.7 Å². The molecule has 0 aliphatic rings. The fourth-order valence-corrected chi connectivity index (χ4v) is 3.28. The van der Waals surface area contributed by atoms with E-state index in [0.29, 0.717) is 42.4 Å². The summed E-state index contributed by atoms with van der Waals surface area (Å²) < 4.78 is 27.6. The van der Waals surface area contributed by atoms with E-state index in [1.165, 1.54) is 26.0 Å². The Kier molecular flexibility index (Phi) is 8.04. The smallest absolute Gasteiger partial charge is 0.357 e. The van der Waals surface area contributed by atoms with E-state index in [4.69, 9.17) is 23.7 Å². The molecule has 0 fully saturated rings. The van der Waals surface area contributed by atoms with Gasteiger partial charge in [0.25, 0.3) is 0 Å². The molecule has 9 heteroatoms. The fraction of sp³-hybridized carbons (Fsp3) is 0.292. The molecule has 0 unspecified atom stereocenters. The van der Waals surface area contributed by atoms with Crippen molar-refractivity contribution in [1.29, 1.82) is 0 Å². The zero-order valence-corrected chi connectivity index (χ0v) is 19.0. The van der Waals surface area contributed by atoms with Crippen LogP contribution in [-0.4, -0.2) is 63.4 Å². The standard InChI is InChI=1S/C24H26N2O7/c1-29-13-8-14-33-19-15-16(11-12-18(19)30-2)21-20(23(27)31-3)22(24(28)32-4)26(25-21)17-9-6-5-7-10-17/h5-7,9-12,15H,8,13-14H2,1-4H3. The van der Waals surface area contributed by atoms with Gasteiger partial charge in [0, 0.05) is 25.7 Å². The van der Waals surface area contributed by atoms with Gasteiger partial charge in [-0.3, -0.25) is 0 Å². The Labute approximate surface area is 191 Å². The highest BCUT2D eigenvalue weighted by molar-refractivity contribution is 6.06. The number of hydrogen-bond donors (Lipinski definition) is 0. The largest absolute Gasteiger partial charge is 0.493 e. The third-order valence-electron chi connectivity index (χ3n) is 4.84. The number of carbonyl (C=O) groups is 2. The average Bonchev–Trinajstić information content (AvgIpc) is 3.26. The first-order valence-corrected chi connectivity index (χ1v) is 10.2. The molecule has 2 aromatic carbocycles. The molecule has 0 radical (unpaired) electrons. The van der Waals surface area contributed by atoms with Crippen LogP contribution in [-0.2, 0) is 14.2 Å². The van der Waals surface area contributed by atoms with Gasteiger partial charge in [0.2, 0.25) is 0 Å². The maximum Gasteiger partial charge on any atom is 0.357 e. The molecule has 0 aliphatic carbocycles. The number of benzene rings is 2. The average molecular weight is 454 g/mol. The molecule has 1 aromatic heterocycles. The van der Waals surface area contributed by atoms with Crippen LogP contribution in [0.2, 0.25) is 0 Å². The van der Waals surface area contributed by atoms with Gasteiger partial charge in [-0.15, -0.1) is 0 Å². The molecule has 1 heterocycles. The highest BCUT2D eigenvalue weighted by Crippen LogP contribution is 2.35. The summed E-state index contributed by atoms with van der Waals surface area (Å²) in [5, 5.41) is 4.59. The number of carbonyl (C=O) groups excluding carboxylic acids is 2. The van der Waals surface area contributed by atoms with Crippen LogP contribution >= 0.6 is 0 Å². The number of nitrogens with zero attached hydrogens (tertiary/aromatic N) is 2. The summed E-state index contributed by atoms with van der Waals surface area (Å²) in [6.07, 6.45) is 0.687. The van der Waals surface area contributed by atoms with Gasteiger partial charge in [0.1, 0.15) is 11.3 Å². The van der Waals surface area contributed by atoms with E-state index >= 15 is 0 Å². The predicted octanol–water partition coefficient (Wildman–Crippen LogP) is 3.54. The van der Waals surface area contributed by atoms with Crippen molar-refractivity contribution in [2.45, 2.75) is 6.42 Å². The van der Waals surface area contributed by atoms with Crippen LogP contribution in [0.3, 0.4) is 0 Å². The van der Waals surface area contributed by atoms with Gasteiger partial charge in [-0.05, 0) is 30.3 Å². The number of rotatable bonds is 10. The number of ether oxygens (including phenoxy) is 5. The molecule has 9 nitrogen and oxygen atoms in total. The van der Waals surface area contributed by atoms with Crippen molar-refractivity contribution in [3.8, 4) is 28.4 Å². The summed E-state index contributed by atoms with van der Waals surface area (Å²) in [6.45, 7) is 0.960. The van der Waals surface area contributed by atoms with Gasteiger partial charge in [0.05, 0.1) is 33.6 Å². The number of esters is 2. The lowest BCUT2D eigenvalue weighted by Gasteiger charge is -2.12. The van der Waals surface area contributed by atoms with Gasteiger partial charge in [0.15, 0.2) is 17.2 Å². The molecule has 3 aromatic rings. The van der Waals surface area contributed by atoms with E-state index < -0.39 is 11.9 Å². The predicted molar refractivity (Wildman–Crippen MR) is 120 cm³/mol. The van der Waals surface area contributed by atoms with Crippen molar-refractivity contribution in [2.24, 2.45) is 0 Å². The van der Waals surface area contributed by atoms with Gasteiger partial charge in [-0.25, -0.2) is 14.3 Å². The van der Waals surface area contributed by atoms with Crippen LogP contribution in [0.1, 0.15) is 27.3 Å². The molecule has 0 amide bonds. The number of aromatic nitrogens is 2. The second-order valence-corrected chi connectivity index (χ2v) is 6.86. The van der Waals surface area contributed by atoms with E-state index in [-0.39, 0.29) is 17.0 Å². The van der Waals surface area contributed by atoms with E-state index in [9.17, 15) is 9.59 Å². The first-order chi connectivity index (χ1) is 16.0. The summed E-state index contributed by atoms with van der Waals surface area (Å²) in [6, 6.07) is 14.1. The molecule has 0 atom stereocenters. The Morgan fingerprint density at radius 1 is 0.879 bits per heavy atom. The van der Waals surface area contributed by atoms with Crippen LogP contribution < -0.4 is 9.47 Å². The molecule has 33 heavy (non-hydrogen) atoms. The van der Waals surface area contributed by atoms with Crippen molar-refractivity contribution in [3.63, 3.8) is 0 Å². The van der Waals surface area contributed by atoms with Crippen molar-refractivity contribution >= 4 is 11.9 Å². The van der Waals surface area contributed by atoms with Crippen LogP contribution in [0.4, 0.5) is 0 Å². The molecular weight excluding hydrogens is 428 g/mol. The summed E-state index contributed by atoms with van der Waals surface area (Å²) in [5.41, 5.74) is 1.32. The van der Waals surface area contributed by atoms with Crippen LogP contribution in [0, 0.1) is 0 Å². The van der Waals surface area contributed by atoms with Crippen molar-refractivity contribution in [1.82, 2.24) is 9.78 Å². The summed E-state index contributed by atoms with van der Waals surface area (Å²) >= 11 is 0. The zero-order valence-electron chi connectivity index (χ0n) is 19.0. The number of methoxy groups -OCH3 is 4. The molecular formula is C24H26N2O7. The molecule has 0 spiro atoms. The molecule has 0 N–H and O–H groups in total. The SMILES string of the molecule is COCCCOc1cc(-c2nn(-c3ccccc3)c(C(=O)OC)c2C(=O)OC)ccc1OC. The Bertz CT molecular complexity index is 1110. The minimum atomic E-state index is -0.720. The Morgan fingerprint density at radius 2 is 1.61 bits per heavy atom. The minimum Gasteiger partial charge on any atom is -0.493 e. The van der Waals surface area contributed by atoms with Gasteiger partial charge < -0.3 is 23.7 Å². The van der Waals surface area contributed by atoms with Crippen LogP contribution in [0.5, 0.6) is 11.5 Å². The minimum absolute atomic E-state index is 0.0105. The highest BCUT2D eigenvalue weighted by Gasteiger charge is 2.31. The summed E-state index contributed by atoms with van der Waals surface area (Å²) in [7, 11) is 5.64.